The van der Waals surface area contributed by atoms with Gasteiger partial charge in [0.1, 0.15) is 5.82 Å². The molecule has 0 saturated heterocycles. The smallest absolute Gasteiger partial charge is 0.123 e. The first-order valence-electron chi connectivity index (χ1n) is 6.14. The first kappa shape index (κ1) is 12.7. The van der Waals surface area contributed by atoms with Gasteiger partial charge in [0, 0.05) is 24.9 Å². The minimum absolute atomic E-state index is 0.242. The highest BCUT2D eigenvalue weighted by molar-refractivity contribution is 5.31. The molecule has 2 rings (SSSR count). The zero-order chi connectivity index (χ0) is 13.0. The van der Waals surface area contributed by atoms with Gasteiger partial charge in [-0.25, -0.2) is 4.39 Å². The molecular formula is C15H17FN2. The van der Waals surface area contributed by atoms with Gasteiger partial charge in [0.15, 0.2) is 0 Å². The van der Waals surface area contributed by atoms with Crippen LogP contribution >= 0.6 is 0 Å². The van der Waals surface area contributed by atoms with Gasteiger partial charge in [-0.2, -0.15) is 0 Å². The summed E-state index contributed by atoms with van der Waals surface area (Å²) in [7, 11) is 0. The lowest BCUT2D eigenvalue weighted by atomic mass is 10.0. The molecule has 0 unspecified atom stereocenters. The molecule has 2 N–H and O–H groups in total. The van der Waals surface area contributed by atoms with E-state index in [4.69, 9.17) is 5.73 Å². The number of halogens is 1. The molecule has 0 radical (unpaired) electrons. The SMILES string of the molecule is CCc1ccc(Cc2ccc(F)cc2CN)nc1. The summed E-state index contributed by atoms with van der Waals surface area (Å²) in [4.78, 5) is 4.41. The highest BCUT2D eigenvalue weighted by Gasteiger charge is 2.05. The Morgan fingerprint density at radius 1 is 1.17 bits per heavy atom. The van der Waals surface area contributed by atoms with Gasteiger partial charge in [0.2, 0.25) is 0 Å². The predicted molar refractivity (Wildman–Crippen MR) is 70.7 cm³/mol. The van der Waals surface area contributed by atoms with Gasteiger partial charge in [0.05, 0.1) is 0 Å². The molecule has 2 aromatic rings. The molecule has 3 heteroatoms. The summed E-state index contributed by atoms with van der Waals surface area (Å²) in [6, 6.07) is 8.84. The highest BCUT2D eigenvalue weighted by atomic mass is 19.1. The molecule has 0 aliphatic heterocycles. The Balaban J connectivity index is 2.22. The van der Waals surface area contributed by atoms with Gasteiger partial charge in [-0.15, -0.1) is 0 Å². The average molecular weight is 244 g/mol. The first-order valence-corrected chi connectivity index (χ1v) is 6.14. The average Bonchev–Trinajstić information content (AvgIpc) is 2.41. The van der Waals surface area contributed by atoms with E-state index in [1.807, 2.05) is 12.3 Å². The van der Waals surface area contributed by atoms with Gasteiger partial charge in [0.25, 0.3) is 0 Å². The van der Waals surface area contributed by atoms with Crippen LogP contribution in [0, 0.1) is 5.82 Å². The lowest BCUT2D eigenvalue weighted by Gasteiger charge is -2.08. The molecule has 0 bridgehead atoms. The fourth-order valence-electron chi connectivity index (χ4n) is 1.92. The zero-order valence-corrected chi connectivity index (χ0v) is 10.5. The van der Waals surface area contributed by atoms with Crippen molar-refractivity contribution in [2.24, 2.45) is 5.73 Å². The van der Waals surface area contributed by atoms with Crippen molar-refractivity contribution < 1.29 is 4.39 Å². The Labute approximate surface area is 107 Å². The number of aryl methyl sites for hydroxylation is 1. The maximum atomic E-state index is 13.1. The summed E-state index contributed by atoms with van der Waals surface area (Å²) in [6.45, 7) is 2.45. The Morgan fingerprint density at radius 2 is 2.00 bits per heavy atom. The van der Waals surface area contributed by atoms with E-state index in [-0.39, 0.29) is 5.82 Å². The van der Waals surface area contributed by atoms with Crippen molar-refractivity contribution in [1.29, 1.82) is 0 Å². The van der Waals surface area contributed by atoms with Crippen LogP contribution in [0.15, 0.2) is 36.5 Å². The van der Waals surface area contributed by atoms with Crippen molar-refractivity contribution >= 4 is 0 Å². The largest absolute Gasteiger partial charge is 0.326 e. The lowest BCUT2D eigenvalue weighted by Crippen LogP contribution is -2.04. The third kappa shape index (κ3) is 2.93. The van der Waals surface area contributed by atoms with Crippen molar-refractivity contribution in [2.75, 3.05) is 0 Å². The quantitative estimate of drug-likeness (QED) is 0.898. The van der Waals surface area contributed by atoms with Gasteiger partial charge in [-0.05, 0) is 41.3 Å². The number of aromatic nitrogens is 1. The maximum Gasteiger partial charge on any atom is 0.123 e. The monoisotopic (exact) mass is 244 g/mol. The highest BCUT2D eigenvalue weighted by Crippen LogP contribution is 2.15. The van der Waals surface area contributed by atoms with Crippen molar-refractivity contribution in [2.45, 2.75) is 26.3 Å². The third-order valence-corrected chi connectivity index (χ3v) is 3.05. The van der Waals surface area contributed by atoms with Crippen LogP contribution in [0.4, 0.5) is 4.39 Å². The summed E-state index contributed by atoms with van der Waals surface area (Å²) in [5.41, 5.74) is 9.71. The van der Waals surface area contributed by atoms with Crippen LogP contribution in [0.2, 0.25) is 0 Å². The van der Waals surface area contributed by atoms with Crippen molar-refractivity contribution in [1.82, 2.24) is 4.98 Å². The van der Waals surface area contributed by atoms with Gasteiger partial charge in [-0.1, -0.05) is 19.1 Å². The van der Waals surface area contributed by atoms with E-state index in [1.165, 1.54) is 17.7 Å². The molecule has 2 nitrogen and oxygen atoms in total. The van der Waals surface area contributed by atoms with Crippen LogP contribution in [0.25, 0.3) is 0 Å². The Morgan fingerprint density at radius 3 is 2.61 bits per heavy atom. The van der Waals surface area contributed by atoms with E-state index < -0.39 is 0 Å². The standard InChI is InChI=1S/C15H17FN2/c1-2-11-3-6-15(18-10-11)8-12-4-5-14(16)7-13(12)9-17/h3-7,10H,2,8-9,17H2,1H3. The number of nitrogens with two attached hydrogens (primary N) is 1. The minimum atomic E-state index is -0.242. The fraction of sp³-hybridized carbons (Fsp3) is 0.267. The van der Waals surface area contributed by atoms with Gasteiger partial charge < -0.3 is 5.73 Å². The number of nitrogens with zero attached hydrogens (tertiary/aromatic N) is 1. The van der Waals surface area contributed by atoms with E-state index in [2.05, 4.69) is 18.0 Å². The number of benzene rings is 1. The van der Waals surface area contributed by atoms with E-state index >= 15 is 0 Å². The van der Waals surface area contributed by atoms with Crippen LogP contribution in [0.3, 0.4) is 0 Å². The number of hydrogen-bond donors (Lipinski definition) is 1. The van der Waals surface area contributed by atoms with E-state index in [9.17, 15) is 4.39 Å². The Hall–Kier alpha value is -1.74. The Bertz CT molecular complexity index is 521. The second-order valence-electron chi connectivity index (χ2n) is 4.31. The van der Waals surface area contributed by atoms with Crippen molar-refractivity contribution in [3.63, 3.8) is 0 Å². The van der Waals surface area contributed by atoms with Crippen molar-refractivity contribution in [3.8, 4) is 0 Å². The molecule has 0 aliphatic rings. The first-order chi connectivity index (χ1) is 8.72. The molecule has 0 fully saturated rings. The van der Waals surface area contributed by atoms with Crippen LogP contribution in [0.1, 0.15) is 29.3 Å². The molecular weight excluding hydrogens is 227 g/mol. The molecule has 1 aromatic heterocycles. The molecule has 0 atom stereocenters. The predicted octanol–water partition coefficient (Wildman–Crippen LogP) is 2.83. The number of rotatable bonds is 4. The molecule has 0 spiro atoms. The topological polar surface area (TPSA) is 38.9 Å². The van der Waals surface area contributed by atoms with Crippen LogP contribution in [-0.2, 0) is 19.4 Å². The molecule has 1 heterocycles. The summed E-state index contributed by atoms with van der Waals surface area (Å²) in [5.74, 6) is -0.242. The Kier molecular flexibility index (Phi) is 4.05. The van der Waals surface area contributed by atoms with E-state index in [0.29, 0.717) is 13.0 Å². The second kappa shape index (κ2) is 5.74. The fourth-order valence-corrected chi connectivity index (χ4v) is 1.92. The third-order valence-electron chi connectivity index (χ3n) is 3.05. The van der Waals surface area contributed by atoms with Gasteiger partial charge in [-0.3, -0.25) is 4.98 Å². The molecule has 1 aromatic carbocycles. The molecule has 0 saturated carbocycles. The van der Waals surface area contributed by atoms with Crippen molar-refractivity contribution in [3.05, 3.63) is 64.7 Å². The molecule has 18 heavy (non-hydrogen) atoms. The molecule has 0 aliphatic carbocycles. The lowest BCUT2D eigenvalue weighted by molar-refractivity contribution is 0.624. The molecule has 0 amide bonds. The van der Waals surface area contributed by atoms with E-state index in [0.717, 1.165) is 23.2 Å². The summed E-state index contributed by atoms with van der Waals surface area (Å²) >= 11 is 0. The van der Waals surface area contributed by atoms with Crippen LogP contribution < -0.4 is 5.73 Å². The van der Waals surface area contributed by atoms with Crippen LogP contribution in [-0.4, -0.2) is 4.98 Å². The second-order valence-corrected chi connectivity index (χ2v) is 4.31. The van der Waals surface area contributed by atoms with Gasteiger partial charge >= 0.3 is 0 Å². The maximum absolute atomic E-state index is 13.1. The normalized spacial score (nSPS) is 10.6. The molecule has 94 valence electrons. The minimum Gasteiger partial charge on any atom is -0.326 e. The summed E-state index contributed by atoms with van der Waals surface area (Å²) < 4.78 is 13.1. The number of pyridine rings is 1. The summed E-state index contributed by atoms with van der Waals surface area (Å²) in [5, 5.41) is 0. The summed E-state index contributed by atoms with van der Waals surface area (Å²) in [6.07, 6.45) is 3.57. The number of hydrogen-bond acceptors (Lipinski definition) is 2. The van der Waals surface area contributed by atoms with Crippen LogP contribution in [0.5, 0.6) is 0 Å². The van der Waals surface area contributed by atoms with E-state index in [1.54, 1.807) is 6.07 Å². The zero-order valence-electron chi connectivity index (χ0n) is 10.5.